The Labute approximate surface area is 181 Å². The minimum atomic E-state index is -0.203. The summed E-state index contributed by atoms with van der Waals surface area (Å²) in [4.78, 5) is 20.1. The fourth-order valence-corrected chi connectivity index (χ4v) is 2.97. The van der Waals surface area contributed by atoms with Gasteiger partial charge in [-0.25, -0.2) is 4.39 Å². The number of hydrogen-bond donors (Lipinski definition) is 3. The molecule has 6 nitrogen and oxygen atoms in total. The van der Waals surface area contributed by atoms with E-state index in [-0.39, 0.29) is 41.1 Å². The molecule has 3 rings (SSSR count). The smallest absolute Gasteiger partial charge is 0.252 e. The molecule has 1 aromatic heterocycles. The van der Waals surface area contributed by atoms with Gasteiger partial charge in [0.15, 0.2) is 5.96 Å². The average Bonchev–Trinajstić information content (AvgIpc) is 3.49. The first-order chi connectivity index (χ1) is 13.1. The van der Waals surface area contributed by atoms with Gasteiger partial charge < -0.3 is 16.0 Å². The molecule has 150 valence electrons. The van der Waals surface area contributed by atoms with Crippen LogP contribution in [0.25, 0.3) is 0 Å². The fourth-order valence-electron chi connectivity index (χ4n) is 2.97. The number of nitrogens with zero attached hydrogens (tertiary/aromatic N) is 2. The van der Waals surface area contributed by atoms with Gasteiger partial charge in [0.2, 0.25) is 0 Å². The van der Waals surface area contributed by atoms with E-state index in [4.69, 9.17) is 0 Å². The van der Waals surface area contributed by atoms with E-state index >= 15 is 0 Å². The Morgan fingerprint density at radius 3 is 2.61 bits per heavy atom. The molecule has 1 heterocycles. The monoisotopic (exact) mass is 497 g/mol. The lowest BCUT2D eigenvalue weighted by Gasteiger charge is -2.19. The molecule has 8 heteroatoms. The second-order valence-corrected chi connectivity index (χ2v) is 6.64. The highest BCUT2D eigenvalue weighted by atomic mass is 127. The van der Waals surface area contributed by atoms with Crippen LogP contribution < -0.4 is 16.0 Å². The molecule has 0 saturated heterocycles. The first-order valence-corrected chi connectivity index (χ1v) is 9.02. The van der Waals surface area contributed by atoms with Crippen molar-refractivity contribution in [2.24, 2.45) is 4.99 Å². The molecule has 0 spiro atoms. The largest absolute Gasteiger partial charge is 0.356 e. The van der Waals surface area contributed by atoms with E-state index in [1.807, 2.05) is 6.07 Å². The number of aliphatic imine (C=N–C) groups is 1. The first-order valence-electron chi connectivity index (χ1n) is 9.02. The number of amides is 1. The van der Waals surface area contributed by atoms with Crippen molar-refractivity contribution in [3.8, 4) is 0 Å². The van der Waals surface area contributed by atoms with Gasteiger partial charge in [0, 0.05) is 44.5 Å². The molecule has 1 fully saturated rings. The van der Waals surface area contributed by atoms with E-state index in [2.05, 4.69) is 25.9 Å². The van der Waals surface area contributed by atoms with Crippen molar-refractivity contribution in [2.45, 2.75) is 18.3 Å². The molecule has 1 saturated carbocycles. The lowest BCUT2D eigenvalue weighted by atomic mass is 9.96. The Hall–Kier alpha value is -2.23. The minimum absolute atomic E-state index is 0. The summed E-state index contributed by atoms with van der Waals surface area (Å²) >= 11 is 0. The zero-order valence-electron chi connectivity index (χ0n) is 15.7. The van der Waals surface area contributed by atoms with Crippen molar-refractivity contribution < 1.29 is 9.18 Å². The molecular weight excluding hydrogens is 472 g/mol. The predicted molar refractivity (Wildman–Crippen MR) is 119 cm³/mol. The summed E-state index contributed by atoms with van der Waals surface area (Å²) in [5.74, 6) is 0.301. The maximum atomic E-state index is 13.5. The minimum Gasteiger partial charge on any atom is -0.356 e. The molecule has 1 amide bonds. The van der Waals surface area contributed by atoms with Crippen molar-refractivity contribution in [2.75, 3.05) is 26.7 Å². The topological polar surface area (TPSA) is 78.4 Å². The van der Waals surface area contributed by atoms with Gasteiger partial charge in [-0.2, -0.15) is 0 Å². The number of rotatable bonds is 7. The third kappa shape index (κ3) is 5.88. The number of carbonyl (C=O) groups excluding carboxylic acids is 1. The summed E-state index contributed by atoms with van der Waals surface area (Å²) in [6.45, 7) is 1.69. The number of nitrogens with one attached hydrogen (secondary N) is 3. The van der Waals surface area contributed by atoms with Crippen LogP contribution >= 0.6 is 24.0 Å². The molecule has 0 aliphatic heterocycles. The van der Waals surface area contributed by atoms with E-state index in [9.17, 15) is 9.18 Å². The summed E-state index contributed by atoms with van der Waals surface area (Å²) < 4.78 is 13.5. The van der Waals surface area contributed by atoms with Gasteiger partial charge in [-0.15, -0.1) is 24.0 Å². The molecule has 0 bridgehead atoms. The highest BCUT2D eigenvalue weighted by molar-refractivity contribution is 14.0. The molecule has 1 aliphatic carbocycles. The number of aromatic nitrogens is 1. The second kappa shape index (κ2) is 10.4. The van der Waals surface area contributed by atoms with E-state index in [0.717, 1.165) is 18.4 Å². The van der Waals surface area contributed by atoms with E-state index in [1.54, 1.807) is 37.5 Å². The molecule has 0 atom stereocenters. The summed E-state index contributed by atoms with van der Waals surface area (Å²) in [6, 6.07) is 10.2. The van der Waals surface area contributed by atoms with Gasteiger partial charge in [-0.3, -0.25) is 14.8 Å². The number of pyridine rings is 1. The zero-order valence-corrected chi connectivity index (χ0v) is 18.1. The molecular formula is C20H25FIN5O. The standard InChI is InChI=1S/C20H24FN5O.HI/c1-22-19(25-11-10-24-18(27)15-4-3-9-23-13-15)26-14-20(7-8-20)16-5-2-6-17(21)12-16;/h2-6,9,12-13H,7-8,10-11,14H2,1H3,(H,24,27)(H2,22,25,26);1H. The molecule has 28 heavy (non-hydrogen) atoms. The maximum Gasteiger partial charge on any atom is 0.252 e. The molecule has 2 aromatic rings. The normalized spacial score (nSPS) is 14.6. The van der Waals surface area contributed by atoms with E-state index < -0.39 is 0 Å². The average molecular weight is 497 g/mol. The van der Waals surface area contributed by atoms with Gasteiger partial charge in [0.1, 0.15) is 5.82 Å². The predicted octanol–water partition coefficient (Wildman–Crippen LogP) is 2.47. The molecule has 0 radical (unpaired) electrons. The van der Waals surface area contributed by atoms with Gasteiger partial charge in [-0.1, -0.05) is 12.1 Å². The quantitative estimate of drug-likeness (QED) is 0.238. The molecule has 0 unspecified atom stereocenters. The van der Waals surface area contributed by atoms with Crippen LogP contribution in [-0.4, -0.2) is 43.5 Å². The van der Waals surface area contributed by atoms with Crippen LogP contribution in [0.3, 0.4) is 0 Å². The summed E-state index contributed by atoms with van der Waals surface area (Å²) in [7, 11) is 1.70. The van der Waals surface area contributed by atoms with Crippen molar-refractivity contribution in [1.29, 1.82) is 0 Å². The Morgan fingerprint density at radius 2 is 1.96 bits per heavy atom. The van der Waals surface area contributed by atoms with Crippen LogP contribution in [0.4, 0.5) is 4.39 Å². The SMILES string of the molecule is CN=C(NCCNC(=O)c1cccnc1)NCC1(c2cccc(F)c2)CC1.I. The summed E-state index contributed by atoms with van der Waals surface area (Å²) in [5, 5.41) is 9.31. The van der Waals surface area contributed by atoms with Gasteiger partial charge in [0.05, 0.1) is 5.56 Å². The van der Waals surface area contributed by atoms with Crippen molar-refractivity contribution >= 4 is 35.8 Å². The van der Waals surface area contributed by atoms with Crippen LogP contribution in [0.1, 0.15) is 28.8 Å². The van der Waals surface area contributed by atoms with Gasteiger partial charge in [0.25, 0.3) is 5.91 Å². The number of hydrogen-bond acceptors (Lipinski definition) is 3. The van der Waals surface area contributed by atoms with Crippen LogP contribution in [0.2, 0.25) is 0 Å². The maximum absolute atomic E-state index is 13.5. The summed E-state index contributed by atoms with van der Waals surface area (Å²) in [6.07, 6.45) is 5.22. The lowest BCUT2D eigenvalue weighted by molar-refractivity contribution is 0.0954. The molecule has 1 aliphatic rings. The van der Waals surface area contributed by atoms with Gasteiger partial charge >= 0.3 is 0 Å². The van der Waals surface area contributed by atoms with Crippen LogP contribution in [-0.2, 0) is 5.41 Å². The number of benzene rings is 1. The lowest BCUT2D eigenvalue weighted by Crippen LogP contribution is -2.44. The Bertz CT molecular complexity index is 811. The zero-order chi connectivity index (χ0) is 19.1. The van der Waals surface area contributed by atoms with E-state index in [1.165, 1.54) is 12.3 Å². The highest BCUT2D eigenvalue weighted by Crippen LogP contribution is 2.47. The first kappa shape index (κ1) is 22.1. The van der Waals surface area contributed by atoms with Crippen molar-refractivity contribution in [1.82, 2.24) is 20.9 Å². The second-order valence-electron chi connectivity index (χ2n) is 6.64. The highest BCUT2D eigenvalue weighted by Gasteiger charge is 2.44. The third-order valence-corrected chi connectivity index (χ3v) is 4.74. The van der Waals surface area contributed by atoms with Gasteiger partial charge in [-0.05, 0) is 42.7 Å². The summed E-state index contributed by atoms with van der Waals surface area (Å²) in [5.41, 5.74) is 1.54. The molecule has 3 N–H and O–H groups in total. The van der Waals surface area contributed by atoms with Crippen LogP contribution in [0.5, 0.6) is 0 Å². The van der Waals surface area contributed by atoms with E-state index in [0.29, 0.717) is 31.2 Å². The third-order valence-electron chi connectivity index (χ3n) is 4.74. The number of halogens is 2. The van der Waals surface area contributed by atoms with Crippen LogP contribution in [0.15, 0.2) is 53.8 Å². The Kier molecular flexibility index (Phi) is 8.16. The fraction of sp³-hybridized carbons (Fsp3) is 0.350. The van der Waals surface area contributed by atoms with Crippen LogP contribution in [0, 0.1) is 5.82 Å². The number of guanidine groups is 1. The van der Waals surface area contributed by atoms with Crippen molar-refractivity contribution in [3.05, 3.63) is 65.7 Å². The van der Waals surface area contributed by atoms with Crippen molar-refractivity contribution in [3.63, 3.8) is 0 Å². The Balaban J connectivity index is 0.00000280. The molecule has 1 aromatic carbocycles. The Morgan fingerprint density at radius 1 is 1.18 bits per heavy atom. The number of carbonyl (C=O) groups is 1.